The normalized spacial score (nSPS) is 26.9. The average molecular weight is 214 g/mol. The van der Waals surface area contributed by atoms with Gasteiger partial charge in [-0.2, -0.15) is 0 Å². The number of nitrogens with zero attached hydrogens (tertiary/aromatic N) is 1. The number of hydrogen-bond donors (Lipinski definition) is 1. The Morgan fingerprint density at radius 2 is 2.13 bits per heavy atom. The number of carbonyl (C=O) groups is 1. The predicted octanol–water partition coefficient (Wildman–Crippen LogP) is 1.59. The summed E-state index contributed by atoms with van der Waals surface area (Å²) in [7, 11) is 0. The molecule has 1 amide bonds. The molecule has 88 valence electrons. The first-order chi connectivity index (χ1) is 6.83. The largest absolute Gasteiger partial charge is 0.444 e. The van der Waals surface area contributed by atoms with Gasteiger partial charge in [0.1, 0.15) is 5.60 Å². The molecule has 1 heterocycles. The van der Waals surface area contributed by atoms with Gasteiger partial charge in [0.25, 0.3) is 0 Å². The predicted molar refractivity (Wildman–Crippen MR) is 59.6 cm³/mol. The number of hydrogen-bond acceptors (Lipinski definition) is 3. The minimum absolute atomic E-state index is 0.217. The molecule has 1 rings (SSSR count). The topological polar surface area (TPSA) is 55.6 Å². The van der Waals surface area contributed by atoms with E-state index in [1.165, 1.54) is 0 Å². The summed E-state index contributed by atoms with van der Waals surface area (Å²) < 4.78 is 5.33. The van der Waals surface area contributed by atoms with E-state index in [1.54, 1.807) is 4.90 Å². The SMILES string of the molecule is CC1C[C@@H](CN)CN1C(=O)OC(C)(C)C. The second kappa shape index (κ2) is 4.39. The second-order valence-corrected chi connectivity index (χ2v) is 5.32. The highest BCUT2D eigenvalue weighted by molar-refractivity contribution is 5.68. The molecule has 15 heavy (non-hydrogen) atoms. The Kier molecular flexibility index (Phi) is 3.60. The molecule has 2 atom stereocenters. The number of carbonyl (C=O) groups excluding carboxylic acids is 1. The van der Waals surface area contributed by atoms with Crippen LogP contribution in [-0.4, -0.2) is 35.7 Å². The van der Waals surface area contributed by atoms with E-state index >= 15 is 0 Å². The second-order valence-electron chi connectivity index (χ2n) is 5.32. The average Bonchev–Trinajstić information content (AvgIpc) is 2.43. The van der Waals surface area contributed by atoms with Gasteiger partial charge < -0.3 is 15.4 Å². The van der Waals surface area contributed by atoms with Crippen molar-refractivity contribution in [3.63, 3.8) is 0 Å². The van der Waals surface area contributed by atoms with Gasteiger partial charge in [0.15, 0.2) is 0 Å². The molecule has 2 N–H and O–H groups in total. The van der Waals surface area contributed by atoms with E-state index in [1.807, 2.05) is 27.7 Å². The Labute approximate surface area is 91.8 Å². The van der Waals surface area contributed by atoms with Crippen molar-refractivity contribution >= 4 is 6.09 Å². The van der Waals surface area contributed by atoms with Gasteiger partial charge in [0.2, 0.25) is 0 Å². The summed E-state index contributed by atoms with van der Waals surface area (Å²) in [6.45, 7) is 9.06. The van der Waals surface area contributed by atoms with Crippen molar-refractivity contribution in [1.82, 2.24) is 4.90 Å². The van der Waals surface area contributed by atoms with E-state index < -0.39 is 5.60 Å². The quantitative estimate of drug-likeness (QED) is 0.721. The van der Waals surface area contributed by atoms with Gasteiger partial charge in [-0.3, -0.25) is 0 Å². The molecule has 1 saturated heterocycles. The van der Waals surface area contributed by atoms with E-state index in [0.717, 1.165) is 13.0 Å². The third-order valence-electron chi connectivity index (χ3n) is 2.62. The molecule has 0 radical (unpaired) electrons. The highest BCUT2D eigenvalue weighted by Crippen LogP contribution is 2.24. The monoisotopic (exact) mass is 214 g/mol. The summed E-state index contributed by atoms with van der Waals surface area (Å²) in [6.07, 6.45) is 0.765. The van der Waals surface area contributed by atoms with E-state index in [0.29, 0.717) is 12.5 Å². The Bertz CT molecular complexity index is 235. The lowest BCUT2D eigenvalue weighted by atomic mass is 10.1. The van der Waals surface area contributed by atoms with Crippen LogP contribution in [0.4, 0.5) is 4.79 Å². The summed E-state index contributed by atoms with van der Waals surface area (Å²) in [5.74, 6) is 0.424. The molecule has 0 aliphatic carbocycles. The molecule has 0 spiro atoms. The molecule has 1 unspecified atom stereocenters. The van der Waals surface area contributed by atoms with Crippen LogP contribution in [-0.2, 0) is 4.74 Å². The number of nitrogens with two attached hydrogens (primary N) is 1. The lowest BCUT2D eigenvalue weighted by molar-refractivity contribution is 0.0234. The van der Waals surface area contributed by atoms with Crippen LogP contribution in [0.3, 0.4) is 0 Å². The molecular formula is C11H22N2O2. The molecule has 1 aliphatic rings. The molecule has 0 aromatic carbocycles. The Morgan fingerprint density at radius 3 is 2.53 bits per heavy atom. The fourth-order valence-electron chi connectivity index (χ4n) is 1.89. The van der Waals surface area contributed by atoms with Gasteiger partial charge in [0.05, 0.1) is 0 Å². The van der Waals surface area contributed by atoms with Crippen LogP contribution in [0.5, 0.6) is 0 Å². The zero-order chi connectivity index (χ0) is 11.6. The number of rotatable bonds is 1. The fourth-order valence-corrected chi connectivity index (χ4v) is 1.89. The van der Waals surface area contributed by atoms with Gasteiger partial charge in [-0.1, -0.05) is 0 Å². The third-order valence-corrected chi connectivity index (χ3v) is 2.62. The summed E-state index contributed by atoms with van der Waals surface area (Å²) in [5.41, 5.74) is 5.19. The number of amides is 1. The molecular weight excluding hydrogens is 192 g/mol. The van der Waals surface area contributed by atoms with Crippen LogP contribution in [0.1, 0.15) is 34.1 Å². The van der Waals surface area contributed by atoms with Gasteiger partial charge in [-0.05, 0) is 46.6 Å². The van der Waals surface area contributed by atoms with E-state index in [9.17, 15) is 4.79 Å². The minimum Gasteiger partial charge on any atom is -0.444 e. The van der Waals surface area contributed by atoms with Crippen molar-refractivity contribution in [2.24, 2.45) is 11.7 Å². The Balaban J connectivity index is 2.54. The highest BCUT2D eigenvalue weighted by Gasteiger charge is 2.34. The first-order valence-corrected chi connectivity index (χ1v) is 5.53. The zero-order valence-corrected chi connectivity index (χ0v) is 10.1. The maximum absolute atomic E-state index is 11.8. The van der Waals surface area contributed by atoms with Crippen LogP contribution < -0.4 is 5.73 Å². The summed E-state index contributed by atoms with van der Waals surface area (Å²) in [5, 5.41) is 0. The van der Waals surface area contributed by atoms with Crippen molar-refractivity contribution in [2.45, 2.75) is 45.8 Å². The maximum atomic E-state index is 11.8. The standard InChI is InChI=1S/C11H22N2O2/c1-8-5-9(6-12)7-13(8)10(14)15-11(2,3)4/h8-9H,5-7,12H2,1-4H3/t8?,9-/m0/s1. The lowest BCUT2D eigenvalue weighted by Crippen LogP contribution is -2.39. The number of ether oxygens (including phenoxy) is 1. The van der Waals surface area contributed by atoms with Crippen LogP contribution >= 0.6 is 0 Å². The van der Waals surface area contributed by atoms with Crippen molar-refractivity contribution in [3.05, 3.63) is 0 Å². The van der Waals surface area contributed by atoms with Crippen molar-refractivity contribution < 1.29 is 9.53 Å². The lowest BCUT2D eigenvalue weighted by Gasteiger charge is -2.27. The molecule has 4 nitrogen and oxygen atoms in total. The van der Waals surface area contributed by atoms with Crippen molar-refractivity contribution in [1.29, 1.82) is 0 Å². The fraction of sp³-hybridized carbons (Fsp3) is 0.909. The molecule has 0 aromatic heterocycles. The Hall–Kier alpha value is -0.770. The zero-order valence-electron chi connectivity index (χ0n) is 10.1. The molecule has 0 aromatic rings. The van der Waals surface area contributed by atoms with Gasteiger partial charge in [0, 0.05) is 12.6 Å². The molecule has 4 heteroatoms. The van der Waals surface area contributed by atoms with E-state index in [2.05, 4.69) is 0 Å². The molecule has 0 saturated carbocycles. The minimum atomic E-state index is -0.419. The first-order valence-electron chi connectivity index (χ1n) is 5.53. The van der Waals surface area contributed by atoms with Crippen LogP contribution in [0.25, 0.3) is 0 Å². The Morgan fingerprint density at radius 1 is 1.53 bits per heavy atom. The van der Waals surface area contributed by atoms with E-state index in [4.69, 9.17) is 10.5 Å². The van der Waals surface area contributed by atoms with Gasteiger partial charge in [-0.25, -0.2) is 4.79 Å². The molecule has 0 bridgehead atoms. The van der Waals surface area contributed by atoms with Crippen LogP contribution in [0, 0.1) is 5.92 Å². The summed E-state index contributed by atoms with van der Waals surface area (Å²) in [4.78, 5) is 13.6. The van der Waals surface area contributed by atoms with Crippen LogP contribution in [0.2, 0.25) is 0 Å². The van der Waals surface area contributed by atoms with Crippen molar-refractivity contribution in [3.8, 4) is 0 Å². The van der Waals surface area contributed by atoms with Crippen molar-refractivity contribution in [2.75, 3.05) is 13.1 Å². The first kappa shape index (κ1) is 12.3. The number of likely N-dealkylation sites (tertiary alicyclic amines) is 1. The maximum Gasteiger partial charge on any atom is 0.410 e. The smallest absolute Gasteiger partial charge is 0.410 e. The van der Waals surface area contributed by atoms with Gasteiger partial charge in [-0.15, -0.1) is 0 Å². The summed E-state index contributed by atoms with van der Waals surface area (Å²) in [6, 6.07) is 0.244. The van der Waals surface area contributed by atoms with Crippen LogP contribution in [0.15, 0.2) is 0 Å². The van der Waals surface area contributed by atoms with E-state index in [-0.39, 0.29) is 12.1 Å². The third kappa shape index (κ3) is 3.38. The summed E-state index contributed by atoms with van der Waals surface area (Å²) >= 11 is 0. The molecule has 1 fully saturated rings. The highest BCUT2D eigenvalue weighted by atomic mass is 16.6. The van der Waals surface area contributed by atoms with Gasteiger partial charge >= 0.3 is 6.09 Å². The molecule has 1 aliphatic heterocycles.